The minimum absolute atomic E-state index is 0.0315. The second-order valence-electron chi connectivity index (χ2n) is 12.6. The number of hydrogen-bond acceptors (Lipinski definition) is 12. The van der Waals surface area contributed by atoms with Crippen LogP contribution in [0.5, 0.6) is 5.75 Å². The number of hydrogen-bond donors (Lipinski definition) is 3. The normalized spacial score (nSPS) is 21.5. The van der Waals surface area contributed by atoms with Gasteiger partial charge in [-0.15, -0.1) is 5.10 Å². The van der Waals surface area contributed by atoms with Gasteiger partial charge < -0.3 is 29.7 Å². The number of thioether (sulfide) groups is 1. The van der Waals surface area contributed by atoms with Crippen molar-refractivity contribution in [3.05, 3.63) is 125 Å². The first-order valence-electron chi connectivity index (χ1n) is 16.9. The molecule has 14 nitrogen and oxygen atoms in total. The van der Waals surface area contributed by atoms with Gasteiger partial charge in [0, 0.05) is 17.2 Å². The molecule has 4 aromatic carbocycles. The fourth-order valence-electron chi connectivity index (χ4n) is 6.19. The summed E-state index contributed by atoms with van der Waals surface area (Å²) in [5.74, 6) is -0.513. The molecule has 0 spiro atoms. The molecule has 7 rings (SSSR count). The number of aliphatic hydroxyl groups is 1. The van der Waals surface area contributed by atoms with Crippen molar-refractivity contribution in [3.8, 4) is 11.4 Å². The summed E-state index contributed by atoms with van der Waals surface area (Å²) >= 11 is 1.42. The molecule has 1 aromatic heterocycles. The zero-order chi connectivity index (χ0) is 36.9. The van der Waals surface area contributed by atoms with Gasteiger partial charge in [0.25, 0.3) is 5.91 Å². The molecule has 53 heavy (non-hydrogen) atoms. The number of alkyl carbamates (subject to hydrolysis) is 1. The van der Waals surface area contributed by atoms with Crippen molar-refractivity contribution >= 4 is 35.4 Å². The quantitative estimate of drug-likeness (QED) is 0.122. The van der Waals surface area contributed by atoms with E-state index in [4.69, 9.17) is 14.2 Å². The zero-order valence-corrected chi connectivity index (χ0v) is 29.3. The van der Waals surface area contributed by atoms with Crippen molar-refractivity contribution in [1.29, 1.82) is 0 Å². The Bertz CT molecular complexity index is 2050. The number of aromatic hydroxyl groups is 1. The number of imide groups is 1. The SMILES string of the molecule is C[C@@H]1[C@H](CSc2nnnn2-c2ccc(O)cc2)O[C@H](c2ccc(N3C(=O)CC(NC(=O)OCc4ccccc4)C3=O)cc2)O[C@@H]1c1ccc(CO)cc1. The number of benzene rings is 4. The molecule has 5 atom stereocenters. The maximum absolute atomic E-state index is 13.3. The molecule has 272 valence electrons. The van der Waals surface area contributed by atoms with Crippen molar-refractivity contribution in [2.24, 2.45) is 5.92 Å². The van der Waals surface area contributed by atoms with E-state index in [0.717, 1.165) is 21.6 Å². The van der Waals surface area contributed by atoms with Crippen LogP contribution in [0.25, 0.3) is 5.69 Å². The average molecular weight is 737 g/mol. The van der Waals surface area contributed by atoms with Gasteiger partial charge >= 0.3 is 6.09 Å². The third kappa shape index (κ3) is 8.08. The van der Waals surface area contributed by atoms with Crippen molar-refractivity contribution in [2.45, 2.75) is 56.3 Å². The number of carbonyl (C=O) groups is 3. The van der Waals surface area contributed by atoms with Crippen molar-refractivity contribution in [2.75, 3.05) is 10.7 Å². The molecule has 0 aliphatic carbocycles. The molecule has 0 saturated carbocycles. The highest BCUT2D eigenvalue weighted by atomic mass is 32.2. The molecule has 3 heterocycles. The standard InChI is InChI=1S/C38H36N6O8S/c1-23-32(22-53-37-40-41-42-44(37)29-15-17-30(46)18-16-29)51-36(52-34(23)26-9-7-24(20-45)8-10-26)27-11-13-28(14-12-27)43-33(47)19-31(35(43)48)39-38(49)50-21-25-5-3-2-4-6-25/h2-18,23,31-32,34,36,45-46H,19-22H2,1H3,(H,39,49)/t23-,31?,32+,34+,36+/m1/s1. The van der Waals surface area contributed by atoms with Crippen LogP contribution in [0.3, 0.4) is 0 Å². The molecule has 0 bridgehead atoms. The number of nitrogens with one attached hydrogen (secondary N) is 1. The van der Waals surface area contributed by atoms with E-state index in [0.29, 0.717) is 27.8 Å². The number of anilines is 1. The lowest BCUT2D eigenvalue weighted by molar-refractivity contribution is -0.268. The summed E-state index contributed by atoms with van der Waals surface area (Å²) in [7, 11) is 0. The lowest BCUT2D eigenvalue weighted by Gasteiger charge is -2.41. The lowest BCUT2D eigenvalue weighted by Crippen LogP contribution is -2.42. The second-order valence-corrected chi connectivity index (χ2v) is 13.6. The van der Waals surface area contributed by atoms with Gasteiger partial charge in [0.05, 0.1) is 36.6 Å². The number of ether oxygens (including phenoxy) is 3. The summed E-state index contributed by atoms with van der Waals surface area (Å²) < 4.78 is 20.0. The summed E-state index contributed by atoms with van der Waals surface area (Å²) in [5, 5.41) is 34.5. The van der Waals surface area contributed by atoms with Crippen LogP contribution < -0.4 is 10.2 Å². The molecule has 1 unspecified atom stereocenters. The third-order valence-electron chi connectivity index (χ3n) is 9.11. The number of rotatable bonds is 11. The van der Waals surface area contributed by atoms with E-state index in [1.54, 1.807) is 53.2 Å². The zero-order valence-electron chi connectivity index (χ0n) is 28.5. The maximum Gasteiger partial charge on any atom is 0.408 e. The smallest absolute Gasteiger partial charge is 0.408 e. The Hall–Kier alpha value is -5.61. The van der Waals surface area contributed by atoms with Gasteiger partial charge in [-0.05, 0) is 63.5 Å². The molecular formula is C38H36N6O8S. The molecule has 3 amide bonds. The van der Waals surface area contributed by atoms with Crippen molar-refractivity contribution < 1.29 is 38.8 Å². The van der Waals surface area contributed by atoms with Crippen LogP contribution in [0.15, 0.2) is 108 Å². The number of amides is 3. The highest BCUT2D eigenvalue weighted by Crippen LogP contribution is 2.43. The molecule has 3 N–H and O–H groups in total. The molecule has 5 aromatic rings. The Morgan fingerprint density at radius 2 is 1.60 bits per heavy atom. The van der Waals surface area contributed by atoms with Gasteiger partial charge in [-0.2, -0.15) is 4.68 Å². The second kappa shape index (κ2) is 16.0. The maximum atomic E-state index is 13.3. The number of phenolic OH excluding ortho intramolecular Hbond substituents is 1. The van der Waals surface area contributed by atoms with Gasteiger partial charge in [0.1, 0.15) is 18.4 Å². The van der Waals surface area contributed by atoms with E-state index in [-0.39, 0.29) is 43.5 Å². The summed E-state index contributed by atoms with van der Waals surface area (Å²) in [5.41, 5.74) is 4.19. The molecule has 2 saturated heterocycles. The van der Waals surface area contributed by atoms with E-state index in [1.165, 1.54) is 11.8 Å². The Morgan fingerprint density at radius 3 is 2.32 bits per heavy atom. The highest BCUT2D eigenvalue weighted by Gasteiger charge is 2.42. The summed E-state index contributed by atoms with van der Waals surface area (Å²) in [6.07, 6.45) is -2.50. The average Bonchev–Trinajstić information content (AvgIpc) is 3.77. The monoisotopic (exact) mass is 736 g/mol. The van der Waals surface area contributed by atoms with Crippen LogP contribution in [0.2, 0.25) is 0 Å². The Kier molecular flexibility index (Phi) is 10.8. The van der Waals surface area contributed by atoms with E-state index >= 15 is 0 Å². The molecule has 2 aliphatic rings. The van der Waals surface area contributed by atoms with Crippen LogP contribution in [0, 0.1) is 5.92 Å². The summed E-state index contributed by atoms with van der Waals surface area (Å²) in [6, 6.07) is 29.0. The minimum Gasteiger partial charge on any atom is -0.508 e. The number of nitrogens with zero attached hydrogens (tertiary/aromatic N) is 5. The number of phenols is 1. The van der Waals surface area contributed by atoms with Gasteiger partial charge in [0.2, 0.25) is 11.1 Å². The predicted octanol–water partition coefficient (Wildman–Crippen LogP) is 5.00. The Morgan fingerprint density at radius 1 is 0.906 bits per heavy atom. The first kappa shape index (κ1) is 35.8. The first-order chi connectivity index (χ1) is 25.8. The number of carbonyl (C=O) groups excluding carboxylic acids is 3. The third-order valence-corrected chi connectivity index (χ3v) is 10.1. The van der Waals surface area contributed by atoms with E-state index in [9.17, 15) is 24.6 Å². The van der Waals surface area contributed by atoms with Crippen LogP contribution in [-0.2, 0) is 37.0 Å². The Labute approximate surface area is 308 Å². The minimum atomic E-state index is -1.05. The van der Waals surface area contributed by atoms with E-state index in [1.807, 2.05) is 61.5 Å². The molecule has 2 aliphatic heterocycles. The van der Waals surface area contributed by atoms with Crippen molar-refractivity contribution in [1.82, 2.24) is 25.5 Å². The largest absolute Gasteiger partial charge is 0.508 e. The molecular weight excluding hydrogens is 701 g/mol. The molecule has 0 radical (unpaired) electrons. The fourth-order valence-corrected chi connectivity index (χ4v) is 7.25. The van der Waals surface area contributed by atoms with E-state index in [2.05, 4.69) is 20.8 Å². The fraction of sp³-hybridized carbons (Fsp3) is 0.263. The predicted molar refractivity (Wildman–Crippen MR) is 192 cm³/mol. The number of aliphatic hydroxyl groups excluding tert-OH is 1. The van der Waals surface area contributed by atoms with Gasteiger partial charge in [-0.1, -0.05) is 85.4 Å². The number of aromatic nitrogens is 4. The van der Waals surface area contributed by atoms with Crippen molar-refractivity contribution in [3.63, 3.8) is 0 Å². The number of tetrazole rings is 1. The first-order valence-corrected chi connectivity index (χ1v) is 17.9. The van der Waals surface area contributed by atoms with Crippen LogP contribution in [-0.4, -0.2) is 66.2 Å². The Balaban J connectivity index is 1.05. The van der Waals surface area contributed by atoms with Crippen LogP contribution >= 0.6 is 11.8 Å². The van der Waals surface area contributed by atoms with Gasteiger partial charge in [0.15, 0.2) is 6.29 Å². The topological polar surface area (TPSA) is 178 Å². The van der Waals surface area contributed by atoms with Gasteiger partial charge in [-0.25, -0.2) is 9.69 Å². The van der Waals surface area contributed by atoms with Crippen LogP contribution in [0.1, 0.15) is 48.0 Å². The lowest BCUT2D eigenvalue weighted by atomic mass is 9.91. The highest BCUT2D eigenvalue weighted by molar-refractivity contribution is 7.99. The molecule has 2 fully saturated rings. The van der Waals surface area contributed by atoms with Gasteiger partial charge in [-0.3, -0.25) is 9.59 Å². The van der Waals surface area contributed by atoms with Crippen LogP contribution in [0.4, 0.5) is 10.5 Å². The summed E-state index contributed by atoms with van der Waals surface area (Å²) in [4.78, 5) is 39.7. The van der Waals surface area contributed by atoms with E-state index < -0.39 is 30.2 Å². The summed E-state index contributed by atoms with van der Waals surface area (Å²) in [6.45, 7) is 2.00. The molecule has 15 heteroatoms.